The lowest BCUT2D eigenvalue weighted by atomic mass is 9.85. The van der Waals surface area contributed by atoms with Gasteiger partial charge in [-0.15, -0.1) is 0 Å². The maximum atomic E-state index is 11.6. The summed E-state index contributed by atoms with van der Waals surface area (Å²) in [4.78, 5) is 14.0. The van der Waals surface area contributed by atoms with E-state index in [-0.39, 0.29) is 11.9 Å². The number of rotatable bonds is 9. The van der Waals surface area contributed by atoms with E-state index in [4.69, 9.17) is 14.2 Å². The van der Waals surface area contributed by atoms with Crippen LogP contribution in [-0.2, 0) is 29.0 Å². The lowest BCUT2D eigenvalue weighted by Crippen LogP contribution is -2.51. The minimum atomic E-state index is -0.0898. The third-order valence-electron chi connectivity index (χ3n) is 6.90. The maximum absolute atomic E-state index is 11.6. The number of benzene rings is 2. The molecule has 0 radical (unpaired) electrons. The number of likely N-dealkylation sites (tertiary alicyclic amines) is 1. The van der Waals surface area contributed by atoms with E-state index in [1.165, 1.54) is 34.9 Å². The van der Waals surface area contributed by atoms with Gasteiger partial charge in [0.2, 0.25) is 0 Å². The van der Waals surface area contributed by atoms with Gasteiger partial charge >= 0.3 is 5.97 Å². The number of carbonyl (C=O) groups excluding carboxylic acids is 1. The van der Waals surface area contributed by atoms with Crippen molar-refractivity contribution in [1.29, 1.82) is 0 Å². The molecule has 5 heteroatoms. The van der Waals surface area contributed by atoms with Gasteiger partial charge in [-0.1, -0.05) is 37.1 Å². The van der Waals surface area contributed by atoms with Crippen LogP contribution in [0.5, 0.6) is 11.5 Å². The largest absolute Gasteiger partial charge is 0.496 e. The van der Waals surface area contributed by atoms with Gasteiger partial charge in [0.15, 0.2) is 0 Å². The number of ether oxygens (including phenoxy) is 3. The summed E-state index contributed by atoms with van der Waals surface area (Å²) in [6, 6.07) is 12.8. The molecule has 0 aromatic heterocycles. The van der Waals surface area contributed by atoms with Crippen molar-refractivity contribution in [3.63, 3.8) is 0 Å². The van der Waals surface area contributed by atoms with Crippen molar-refractivity contribution >= 4 is 11.5 Å². The molecule has 176 valence electrons. The van der Waals surface area contributed by atoms with Crippen LogP contribution in [0.4, 0.5) is 0 Å². The molecule has 5 nitrogen and oxygen atoms in total. The molecule has 0 atom stereocenters. The molecule has 0 saturated carbocycles. The molecule has 2 aromatic carbocycles. The Bertz CT molecular complexity index is 1040. The van der Waals surface area contributed by atoms with Gasteiger partial charge in [-0.2, -0.15) is 0 Å². The van der Waals surface area contributed by atoms with Crippen molar-refractivity contribution in [2.24, 2.45) is 5.92 Å². The predicted octanol–water partition coefficient (Wildman–Crippen LogP) is 5.05. The Kier molecular flexibility index (Phi) is 7.39. The van der Waals surface area contributed by atoms with Gasteiger partial charge in [0, 0.05) is 25.2 Å². The van der Waals surface area contributed by atoms with Gasteiger partial charge in [0.05, 0.1) is 20.1 Å². The molecule has 0 bridgehead atoms. The number of allylic oxidation sites excluding steroid dienone is 1. The molecule has 1 aliphatic carbocycles. The molecule has 1 heterocycles. The van der Waals surface area contributed by atoms with Crippen LogP contribution in [0.2, 0.25) is 0 Å². The van der Waals surface area contributed by atoms with E-state index in [0.717, 1.165) is 62.4 Å². The summed E-state index contributed by atoms with van der Waals surface area (Å²) >= 11 is 0. The van der Waals surface area contributed by atoms with Crippen LogP contribution >= 0.6 is 0 Å². The molecule has 4 rings (SSSR count). The van der Waals surface area contributed by atoms with Crippen LogP contribution < -0.4 is 9.47 Å². The standard InChI is InChI=1S/C28H35NO4/c1-5-6-20-7-8-23(27(13-20)31-3)18-33-25-11-12-26-19(2)22(10-9-21(26)14-25)15-29-16-24(17-29)28(30)32-4/h7-8,11-14,24H,5-6,9-10,15-18H2,1-4H3. The van der Waals surface area contributed by atoms with E-state index in [0.29, 0.717) is 6.61 Å². The number of methoxy groups -OCH3 is 2. The lowest BCUT2D eigenvalue weighted by molar-refractivity contribution is -0.151. The summed E-state index contributed by atoms with van der Waals surface area (Å²) in [6.07, 6.45) is 4.24. The highest BCUT2D eigenvalue weighted by molar-refractivity contribution is 5.74. The summed E-state index contributed by atoms with van der Waals surface area (Å²) in [7, 11) is 3.18. The van der Waals surface area contributed by atoms with Crippen molar-refractivity contribution in [2.45, 2.75) is 46.1 Å². The summed E-state index contributed by atoms with van der Waals surface area (Å²) in [5.41, 5.74) is 7.84. The molecule has 33 heavy (non-hydrogen) atoms. The number of hydrogen-bond acceptors (Lipinski definition) is 5. The van der Waals surface area contributed by atoms with Gasteiger partial charge in [-0.25, -0.2) is 0 Å². The molecule has 1 fully saturated rings. The number of carbonyl (C=O) groups is 1. The number of fused-ring (bicyclic) bond motifs is 1. The minimum Gasteiger partial charge on any atom is -0.496 e. The summed E-state index contributed by atoms with van der Waals surface area (Å²) in [5.74, 6) is 1.73. The quantitative estimate of drug-likeness (QED) is 0.501. The highest BCUT2D eigenvalue weighted by Gasteiger charge is 2.34. The fraction of sp³-hybridized carbons (Fsp3) is 0.464. The minimum absolute atomic E-state index is 0.0352. The Morgan fingerprint density at radius 1 is 1.09 bits per heavy atom. The van der Waals surface area contributed by atoms with Crippen molar-refractivity contribution in [1.82, 2.24) is 4.90 Å². The predicted molar refractivity (Wildman–Crippen MR) is 131 cm³/mol. The highest BCUT2D eigenvalue weighted by atomic mass is 16.5. The lowest BCUT2D eigenvalue weighted by Gasteiger charge is -2.39. The van der Waals surface area contributed by atoms with Crippen LogP contribution in [0.15, 0.2) is 42.0 Å². The molecule has 1 saturated heterocycles. The fourth-order valence-corrected chi connectivity index (χ4v) is 4.89. The Labute approximate surface area is 197 Å². The van der Waals surface area contributed by atoms with E-state index >= 15 is 0 Å². The first-order chi connectivity index (χ1) is 16.0. The second-order valence-electron chi connectivity index (χ2n) is 9.15. The number of nitrogens with zero attached hydrogens (tertiary/aromatic N) is 1. The topological polar surface area (TPSA) is 48.0 Å². The number of esters is 1. The first-order valence-corrected chi connectivity index (χ1v) is 11.9. The zero-order valence-electron chi connectivity index (χ0n) is 20.3. The normalized spacial score (nSPS) is 16.2. The first-order valence-electron chi connectivity index (χ1n) is 11.9. The van der Waals surface area contributed by atoms with Gasteiger partial charge in [-0.3, -0.25) is 9.69 Å². The first kappa shape index (κ1) is 23.4. The summed E-state index contributed by atoms with van der Waals surface area (Å²) in [5, 5.41) is 0. The van der Waals surface area contributed by atoms with E-state index in [1.54, 1.807) is 7.11 Å². The molecule has 0 unspecified atom stereocenters. The molecule has 1 aliphatic heterocycles. The second kappa shape index (κ2) is 10.4. The van der Waals surface area contributed by atoms with Crippen LogP contribution in [0.3, 0.4) is 0 Å². The van der Waals surface area contributed by atoms with Crippen LogP contribution in [0.25, 0.3) is 5.57 Å². The molecule has 0 N–H and O–H groups in total. The van der Waals surface area contributed by atoms with Gasteiger partial charge in [0.25, 0.3) is 0 Å². The number of hydrogen-bond donors (Lipinski definition) is 0. The second-order valence-corrected chi connectivity index (χ2v) is 9.15. The zero-order chi connectivity index (χ0) is 23.4. The Morgan fingerprint density at radius 2 is 1.91 bits per heavy atom. The summed E-state index contributed by atoms with van der Waals surface area (Å²) < 4.78 is 16.6. The van der Waals surface area contributed by atoms with Crippen molar-refractivity contribution in [3.8, 4) is 11.5 Å². The van der Waals surface area contributed by atoms with Crippen LogP contribution in [0, 0.1) is 5.92 Å². The van der Waals surface area contributed by atoms with Gasteiger partial charge in [-0.05, 0) is 66.6 Å². The van der Waals surface area contributed by atoms with Crippen LogP contribution in [0.1, 0.15) is 48.9 Å². The smallest absolute Gasteiger partial charge is 0.311 e. The molecule has 0 amide bonds. The molecule has 2 aliphatic rings. The van der Waals surface area contributed by atoms with Crippen molar-refractivity contribution in [3.05, 3.63) is 64.2 Å². The van der Waals surface area contributed by atoms with Crippen molar-refractivity contribution in [2.75, 3.05) is 33.9 Å². The van der Waals surface area contributed by atoms with E-state index in [2.05, 4.69) is 55.1 Å². The third kappa shape index (κ3) is 5.25. The molecular formula is C28H35NO4. The Hall–Kier alpha value is -2.79. The Morgan fingerprint density at radius 3 is 2.64 bits per heavy atom. The SMILES string of the molecule is CCCc1ccc(COc2ccc3c(c2)CCC(CN2CC(C(=O)OC)C2)=C3C)c(OC)c1. The van der Waals surface area contributed by atoms with Gasteiger partial charge in [0.1, 0.15) is 18.1 Å². The fourth-order valence-electron chi connectivity index (χ4n) is 4.89. The summed E-state index contributed by atoms with van der Waals surface area (Å²) in [6.45, 7) is 7.42. The van der Waals surface area contributed by atoms with E-state index in [1.807, 2.05) is 0 Å². The molecule has 0 spiro atoms. The van der Waals surface area contributed by atoms with Crippen molar-refractivity contribution < 1.29 is 19.0 Å². The maximum Gasteiger partial charge on any atom is 0.311 e. The average Bonchev–Trinajstić information content (AvgIpc) is 2.81. The monoisotopic (exact) mass is 449 g/mol. The van der Waals surface area contributed by atoms with Gasteiger partial charge < -0.3 is 14.2 Å². The zero-order valence-corrected chi connectivity index (χ0v) is 20.3. The Balaban J connectivity index is 1.39. The third-order valence-corrected chi connectivity index (χ3v) is 6.90. The highest BCUT2D eigenvalue weighted by Crippen LogP contribution is 2.35. The van der Waals surface area contributed by atoms with Crippen LogP contribution in [-0.4, -0.2) is 44.7 Å². The number of aryl methyl sites for hydroxylation is 2. The molecular weight excluding hydrogens is 414 g/mol. The average molecular weight is 450 g/mol. The van der Waals surface area contributed by atoms with E-state index < -0.39 is 0 Å². The molecule has 2 aromatic rings. The van der Waals surface area contributed by atoms with E-state index in [9.17, 15) is 4.79 Å².